The Morgan fingerprint density at radius 1 is 1.20 bits per heavy atom. The molecule has 1 aromatic carbocycles. The average molecular weight is 344 g/mol. The molecule has 0 N–H and O–H groups in total. The van der Waals surface area contributed by atoms with Crippen molar-refractivity contribution in [3.05, 3.63) is 35.9 Å². The van der Waals surface area contributed by atoms with Gasteiger partial charge in [0.25, 0.3) is 0 Å². The summed E-state index contributed by atoms with van der Waals surface area (Å²) in [6, 6.07) is 10.5. The zero-order chi connectivity index (χ0) is 17.9. The molecule has 2 heterocycles. The normalized spacial score (nSPS) is 19.5. The Morgan fingerprint density at radius 3 is 2.52 bits per heavy atom. The zero-order valence-electron chi connectivity index (χ0n) is 15.5. The number of nitrogens with zero attached hydrogens (tertiary/aromatic N) is 2. The summed E-state index contributed by atoms with van der Waals surface area (Å²) in [6.45, 7) is 7.00. The Bertz CT molecular complexity index is 626. The Balaban J connectivity index is 1.46. The Kier molecular flexibility index (Phi) is 5.02. The van der Waals surface area contributed by atoms with Crippen LogP contribution in [0.1, 0.15) is 52.0 Å². The van der Waals surface area contributed by atoms with Crippen LogP contribution in [0.3, 0.4) is 0 Å². The number of rotatable bonds is 3. The molecule has 1 spiro atoms. The van der Waals surface area contributed by atoms with E-state index in [1.54, 1.807) is 4.90 Å². The van der Waals surface area contributed by atoms with E-state index in [-0.39, 0.29) is 11.7 Å². The van der Waals surface area contributed by atoms with Crippen molar-refractivity contribution in [1.82, 2.24) is 4.90 Å². The molecule has 5 nitrogen and oxygen atoms in total. The third-order valence-corrected chi connectivity index (χ3v) is 4.77. The number of oxime groups is 1. The molecule has 0 aromatic heterocycles. The number of piperidine rings is 1. The van der Waals surface area contributed by atoms with Crippen LogP contribution in [0, 0.1) is 0 Å². The molecular weight excluding hydrogens is 316 g/mol. The second kappa shape index (κ2) is 7.06. The monoisotopic (exact) mass is 344 g/mol. The second-order valence-electron chi connectivity index (χ2n) is 8.06. The predicted octanol–water partition coefficient (Wildman–Crippen LogP) is 4.17. The molecule has 0 saturated carbocycles. The van der Waals surface area contributed by atoms with Crippen LogP contribution in [0.15, 0.2) is 35.5 Å². The lowest BCUT2D eigenvalue weighted by Crippen LogP contribution is -2.48. The van der Waals surface area contributed by atoms with Gasteiger partial charge in [-0.25, -0.2) is 4.79 Å². The van der Waals surface area contributed by atoms with Gasteiger partial charge in [-0.05, 0) is 39.2 Å². The van der Waals surface area contributed by atoms with Gasteiger partial charge in [0.1, 0.15) is 11.2 Å². The first-order valence-corrected chi connectivity index (χ1v) is 9.11. The molecule has 0 atom stereocenters. The molecule has 1 saturated heterocycles. The maximum atomic E-state index is 12.2. The molecule has 0 unspecified atom stereocenters. The molecule has 25 heavy (non-hydrogen) atoms. The average Bonchev–Trinajstić information content (AvgIpc) is 2.96. The summed E-state index contributed by atoms with van der Waals surface area (Å²) < 4.78 is 5.45. The van der Waals surface area contributed by atoms with E-state index in [0.717, 1.165) is 37.8 Å². The fourth-order valence-corrected chi connectivity index (χ4v) is 3.36. The molecule has 2 aliphatic rings. The van der Waals surface area contributed by atoms with Gasteiger partial charge >= 0.3 is 6.09 Å². The highest BCUT2D eigenvalue weighted by Gasteiger charge is 2.43. The first-order valence-electron chi connectivity index (χ1n) is 9.11. The largest absolute Gasteiger partial charge is 0.444 e. The van der Waals surface area contributed by atoms with Crippen molar-refractivity contribution in [3.63, 3.8) is 0 Å². The Morgan fingerprint density at radius 2 is 1.88 bits per heavy atom. The molecule has 1 fully saturated rings. The third kappa shape index (κ3) is 4.74. The van der Waals surface area contributed by atoms with Crippen LogP contribution in [0.4, 0.5) is 4.79 Å². The molecule has 0 bridgehead atoms. The maximum absolute atomic E-state index is 12.2. The van der Waals surface area contributed by atoms with Gasteiger partial charge in [0.2, 0.25) is 0 Å². The summed E-state index contributed by atoms with van der Waals surface area (Å²) in [5, 5.41) is 4.34. The van der Waals surface area contributed by atoms with E-state index < -0.39 is 5.60 Å². The van der Waals surface area contributed by atoms with Gasteiger partial charge in [0.05, 0.1) is 5.71 Å². The van der Waals surface area contributed by atoms with E-state index in [0.29, 0.717) is 13.1 Å². The zero-order valence-corrected chi connectivity index (χ0v) is 15.5. The number of ether oxygens (including phenoxy) is 1. The standard InChI is InChI=1S/C20H28N2O3/c1-19(2,3)24-18(23)22-13-11-20(12-14-22)15-17(21-25-20)10-9-16-7-5-4-6-8-16/h4-8H,9-15H2,1-3H3. The van der Waals surface area contributed by atoms with Crippen LogP contribution in [0.5, 0.6) is 0 Å². The number of benzene rings is 1. The highest BCUT2D eigenvalue weighted by Crippen LogP contribution is 2.35. The van der Waals surface area contributed by atoms with Crippen molar-refractivity contribution in [2.75, 3.05) is 13.1 Å². The molecule has 3 rings (SSSR count). The molecule has 1 aromatic rings. The van der Waals surface area contributed by atoms with Crippen LogP contribution >= 0.6 is 0 Å². The van der Waals surface area contributed by atoms with Crippen molar-refractivity contribution >= 4 is 11.8 Å². The minimum Gasteiger partial charge on any atom is -0.444 e. The summed E-state index contributed by atoms with van der Waals surface area (Å²) in [5.41, 5.74) is 1.79. The number of hydrogen-bond acceptors (Lipinski definition) is 4. The Labute approximate surface area is 150 Å². The van der Waals surface area contributed by atoms with Crippen LogP contribution < -0.4 is 0 Å². The SMILES string of the molecule is CC(C)(C)OC(=O)N1CCC2(CC1)CC(CCc1ccccc1)=NO2. The first-order chi connectivity index (χ1) is 11.9. The number of aryl methyl sites for hydroxylation is 1. The van der Waals surface area contributed by atoms with E-state index in [9.17, 15) is 4.79 Å². The molecule has 2 aliphatic heterocycles. The third-order valence-electron chi connectivity index (χ3n) is 4.77. The summed E-state index contributed by atoms with van der Waals surface area (Å²) in [5.74, 6) is 0. The van der Waals surface area contributed by atoms with Crippen molar-refractivity contribution in [2.45, 2.75) is 64.1 Å². The van der Waals surface area contributed by atoms with Gasteiger partial charge in [-0.3, -0.25) is 0 Å². The van der Waals surface area contributed by atoms with Crippen molar-refractivity contribution < 1.29 is 14.4 Å². The van der Waals surface area contributed by atoms with Gasteiger partial charge in [-0.15, -0.1) is 0 Å². The van der Waals surface area contributed by atoms with E-state index >= 15 is 0 Å². The van der Waals surface area contributed by atoms with Crippen molar-refractivity contribution in [1.29, 1.82) is 0 Å². The minimum atomic E-state index is -0.455. The van der Waals surface area contributed by atoms with Gasteiger partial charge in [-0.1, -0.05) is 35.5 Å². The molecule has 136 valence electrons. The van der Waals surface area contributed by atoms with Crippen LogP contribution in [-0.2, 0) is 16.0 Å². The van der Waals surface area contributed by atoms with E-state index in [4.69, 9.17) is 9.57 Å². The summed E-state index contributed by atoms with van der Waals surface area (Å²) in [6.07, 6.45) is 4.19. The predicted molar refractivity (Wildman–Crippen MR) is 97.7 cm³/mol. The molecular formula is C20H28N2O3. The summed E-state index contributed by atoms with van der Waals surface area (Å²) in [4.78, 5) is 19.8. The van der Waals surface area contributed by atoms with Gasteiger partial charge < -0.3 is 14.5 Å². The molecule has 5 heteroatoms. The highest BCUT2D eigenvalue weighted by atomic mass is 16.7. The smallest absolute Gasteiger partial charge is 0.410 e. The first kappa shape index (κ1) is 17.8. The lowest BCUT2D eigenvalue weighted by atomic mass is 9.86. The molecule has 0 radical (unpaired) electrons. The minimum absolute atomic E-state index is 0.218. The Hall–Kier alpha value is -2.04. The summed E-state index contributed by atoms with van der Waals surface area (Å²) >= 11 is 0. The number of hydrogen-bond donors (Lipinski definition) is 0. The van der Waals surface area contributed by atoms with Crippen molar-refractivity contribution in [2.24, 2.45) is 5.16 Å². The summed E-state index contributed by atoms with van der Waals surface area (Å²) in [7, 11) is 0. The maximum Gasteiger partial charge on any atom is 0.410 e. The fraction of sp³-hybridized carbons (Fsp3) is 0.600. The molecule has 0 aliphatic carbocycles. The quantitative estimate of drug-likeness (QED) is 0.827. The lowest BCUT2D eigenvalue weighted by molar-refractivity contribution is -0.0639. The van der Waals surface area contributed by atoms with Crippen LogP contribution in [-0.4, -0.2) is 41.0 Å². The number of amides is 1. The number of carbonyl (C=O) groups excluding carboxylic acids is 1. The van der Waals surface area contributed by atoms with Gasteiger partial charge in [0.15, 0.2) is 0 Å². The van der Waals surface area contributed by atoms with Crippen LogP contribution in [0.25, 0.3) is 0 Å². The van der Waals surface area contributed by atoms with Crippen LogP contribution in [0.2, 0.25) is 0 Å². The lowest BCUT2D eigenvalue weighted by Gasteiger charge is -2.37. The molecule has 1 amide bonds. The van der Waals surface area contributed by atoms with E-state index in [2.05, 4.69) is 29.4 Å². The topological polar surface area (TPSA) is 51.1 Å². The van der Waals surface area contributed by atoms with Crippen molar-refractivity contribution in [3.8, 4) is 0 Å². The number of likely N-dealkylation sites (tertiary alicyclic amines) is 1. The van der Waals surface area contributed by atoms with E-state index in [1.165, 1.54) is 5.56 Å². The van der Waals surface area contributed by atoms with Gasteiger partial charge in [0, 0.05) is 32.4 Å². The number of carbonyl (C=O) groups is 1. The fourth-order valence-electron chi connectivity index (χ4n) is 3.36. The highest BCUT2D eigenvalue weighted by molar-refractivity contribution is 5.86. The van der Waals surface area contributed by atoms with E-state index in [1.807, 2.05) is 26.8 Å². The second-order valence-corrected chi connectivity index (χ2v) is 8.06. The van der Waals surface area contributed by atoms with Gasteiger partial charge in [-0.2, -0.15) is 0 Å².